The molecular formula is C43H53F5N10O6. The Labute approximate surface area is 367 Å². The fraction of sp³-hybridized carbons (Fsp3) is 0.465. The minimum absolute atomic E-state index is 0.0423. The van der Waals surface area contributed by atoms with Gasteiger partial charge in [-0.05, 0) is 48.9 Å². The standard InChI is InChI=1S/C41H47F5N10O6.C2H6/c1-27-6-9-31(30(43)26-27)47-35-28(7-8-29(42)34(35)44)38(57)52-62-25-24-61-23-22-60-21-20-59-17-14-53-10-12-54(13-11-53)39-49-40(55-15-18-58-19-16-55)51-41(50-39)56-33-5-3-2-4-32(33)48-37(56)36(45)46;1-2/h2-9,26,36,47H,10-25H2,1H3,(H,52,57);1-2H3. The van der Waals surface area contributed by atoms with Gasteiger partial charge in [0.05, 0.1) is 87.4 Å². The Kier molecular flexibility index (Phi) is 17.9. The van der Waals surface area contributed by atoms with Crippen molar-refractivity contribution in [3.8, 4) is 5.95 Å². The van der Waals surface area contributed by atoms with Gasteiger partial charge in [0.15, 0.2) is 17.5 Å². The fourth-order valence-electron chi connectivity index (χ4n) is 6.79. The smallest absolute Gasteiger partial charge is 0.296 e. The Morgan fingerprint density at radius 3 is 2.03 bits per heavy atom. The number of aryl methyl sites for hydroxylation is 1. The molecule has 0 atom stereocenters. The highest BCUT2D eigenvalue weighted by atomic mass is 19.3. The van der Waals surface area contributed by atoms with Crippen molar-refractivity contribution in [1.29, 1.82) is 0 Å². The van der Waals surface area contributed by atoms with Crippen molar-refractivity contribution in [3.05, 3.63) is 89.0 Å². The summed E-state index contributed by atoms with van der Waals surface area (Å²) < 4.78 is 95.1. The van der Waals surface area contributed by atoms with E-state index in [0.717, 1.165) is 12.1 Å². The van der Waals surface area contributed by atoms with Crippen molar-refractivity contribution in [2.75, 3.05) is 120 Å². The van der Waals surface area contributed by atoms with Crippen LogP contribution in [0.2, 0.25) is 0 Å². The van der Waals surface area contributed by atoms with Gasteiger partial charge in [0, 0.05) is 45.8 Å². The van der Waals surface area contributed by atoms with Gasteiger partial charge in [-0.1, -0.05) is 32.0 Å². The van der Waals surface area contributed by atoms with Gasteiger partial charge in [-0.25, -0.2) is 32.4 Å². The zero-order valence-corrected chi connectivity index (χ0v) is 36.0. The van der Waals surface area contributed by atoms with Crippen LogP contribution in [0.15, 0.2) is 54.6 Å². The molecule has 2 aliphatic heterocycles. The second kappa shape index (κ2) is 23.9. The topological polar surface area (TPSA) is 153 Å². The Balaban J connectivity index is 0.00000335. The number of aromatic nitrogens is 5. The number of nitrogens with one attached hydrogen (secondary N) is 2. The summed E-state index contributed by atoms with van der Waals surface area (Å²) in [6, 6.07) is 12.9. The van der Waals surface area contributed by atoms with Gasteiger partial charge in [-0.2, -0.15) is 15.0 Å². The first kappa shape index (κ1) is 47.9. The van der Waals surface area contributed by atoms with E-state index in [-0.39, 0.29) is 37.0 Å². The van der Waals surface area contributed by atoms with Crippen LogP contribution in [0.1, 0.15) is 42.0 Å². The summed E-state index contributed by atoms with van der Waals surface area (Å²) >= 11 is 0. The minimum Gasteiger partial charge on any atom is -0.378 e. The number of alkyl halides is 2. The number of para-hydroxylation sites is 2. The van der Waals surface area contributed by atoms with Crippen LogP contribution in [0.4, 0.5) is 45.2 Å². The molecule has 5 aromatic rings. The molecule has 346 valence electrons. The van der Waals surface area contributed by atoms with Crippen LogP contribution in [0, 0.1) is 24.4 Å². The summed E-state index contributed by atoms with van der Waals surface area (Å²) in [5.74, 6) is -3.65. The first-order chi connectivity index (χ1) is 31.2. The number of benzene rings is 3. The molecule has 2 aliphatic rings. The number of anilines is 4. The van der Waals surface area contributed by atoms with E-state index in [1.54, 1.807) is 37.3 Å². The summed E-state index contributed by atoms with van der Waals surface area (Å²) in [4.78, 5) is 42.4. The molecule has 2 N–H and O–H groups in total. The van der Waals surface area contributed by atoms with E-state index in [1.165, 1.54) is 16.7 Å². The molecule has 1 amide bonds. The predicted octanol–water partition coefficient (Wildman–Crippen LogP) is 6.01. The van der Waals surface area contributed by atoms with Gasteiger partial charge >= 0.3 is 0 Å². The highest BCUT2D eigenvalue weighted by Crippen LogP contribution is 2.30. The highest BCUT2D eigenvalue weighted by molar-refractivity contribution is 6.00. The molecular weight excluding hydrogens is 848 g/mol. The maximum Gasteiger partial charge on any atom is 0.296 e. The third-order valence-electron chi connectivity index (χ3n) is 10.0. The molecule has 2 aromatic heterocycles. The number of hydroxylamine groups is 1. The van der Waals surface area contributed by atoms with Crippen LogP contribution in [0.5, 0.6) is 0 Å². The number of hydrogen-bond donors (Lipinski definition) is 2. The Hall–Kier alpha value is -5.58. The summed E-state index contributed by atoms with van der Waals surface area (Å²) in [7, 11) is 0. The van der Waals surface area contributed by atoms with Crippen molar-refractivity contribution in [2.45, 2.75) is 27.2 Å². The minimum atomic E-state index is -2.84. The summed E-state index contributed by atoms with van der Waals surface area (Å²) in [6.07, 6.45) is -2.84. The van der Waals surface area contributed by atoms with Crippen LogP contribution in [0.25, 0.3) is 17.0 Å². The van der Waals surface area contributed by atoms with E-state index in [9.17, 15) is 26.7 Å². The molecule has 2 saturated heterocycles. The van der Waals surface area contributed by atoms with Gasteiger partial charge in [0.1, 0.15) is 5.82 Å². The van der Waals surface area contributed by atoms with Crippen LogP contribution in [-0.2, 0) is 23.8 Å². The van der Waals surface area contributed by atoms with Gasteiger partial charge in [-0.3, -0.25) is 19.1 Å². The number of ether oxygens (including phenoxy) is 4. The number of carbonyl (C=O) groups excluding carboxylic acids is 1. The number of hydrogen-bond acceptors (Lipinski definition) is 14. The number of fused-ring (bicyclic) bond motifs is 1. The Bertz CT molecular complexity index is 2280. The Morgan fingerprint density at radius 1 is 0.734 bits per heavy atom. The maximum absolute atomic E-state index is 14.6. The molecule has 64 heavy (non-hydrogen) atoms. The lowest BCUT2D eigenvalue weighted by atomic mass is 10.1. The molecule has 0 saturated carbocycles. The lowest BCUT2D eigenvalue weighted by Crippen LogP contribution is -2.48. The summed E-state index contributed by atoms with van der Waals surface area (Å²) in [6.45, 7) is 13.0. The van der Waals surface area contributed by atoms with E-state index in [0.29, 0.717) is 114 Å². The zero-order chi connectivity index (χ0) is 45.4. The molecule has 2 fully saturated rings. The van der Waals surface area contributed by atoms with Crippen LogP contribution >= 0.6 is 0 Å². The second-order valence-corrected chi connectivity index (χ2v) is 14.3. The number of amides is 1. The highest BCUT2D eigenvalue weighted by Gasteiger charge is 2.27. The zero-order valence-electron chi connectivity index (χ0n) is 36.0. The molecule has 0 unspecified atom stereocenters. The average molecular weight is 901 g/mol. The number of carbonyl (C=O) groups is 1. The molecule has 21 heteroatoms. The van der Waals surface area contributed by atoms with Crippen molar-refractivity contribution in [3.63, 3.8) is 0 Å². The number of nitrogens with zero attached hydrogens (tertiary/aromatic N) is 8. The van der Waals surface area contributed by atoms with Crippen molar-refractivity contribution in [1.82, 2.24) is 34.9 Å². The quantitative estimate of drug-likeness (QED) is 0.0533. The van der Waals surface area contributed by atoms with Gasteiger partial charge in [0.2, 0.25) is 17.8 Å². The number of imidazole rings is 1. The SMILES string of the molecule is CC.Cc1ccc(Nc2c(C(=O)NOCCOCCOCCOCCN3CCN(c4nc(N5CCOCC5)nc(-n5c(C(F)F)nc6ccccc65)n4)CC3)ccc(F)c2F)c(F)c1. The van der Waals surface area contributed by atoms with Crippen molar-refractivity contribution < 1.29 is 50.5 Å². The van der Waals surface area contributed by atoms with E-state index in [2.05, 4.69) is 25.7 Å². The average Bonchev–Trinajstić information content (AvgIpc) is 3.72. The lowest BCUT2D eigenvalue weighted by molar-refractivity contribution is -0.0207. The molecule has 7 rings (SSSR count). The summed E-state index contributed by atoms with van der Waals surface area (Å²) in [5.41, 5.74) is 2.74. The van der Waals surface area contributed by atoms with Crippen LogP contribution in [0.3, 0.4) is 0 Å². The Morgan fingerprint density at radius 2 is 1.36 bits per heavy atom. The van der Waals surface area contributed by atoms with Crippen molar-refractivity contribution in [2.24, 2.45) is 0 Å². The van der Waals surface area contributed by atoms with Crippen LogP contribution in [-0.4, -0.2) is 141 Å². The lowest BCUT2D eigenvalue weighted by Gasteiger charge is -2.35. The molecule has 0 aliphatic carbocycles. The van der Waals surface area contributed by atoms with E-state index in [1.807, 2.05) is 23.6 Å². The largest absolute Gasteiger partial charge is 0.378 e. The maximum atomic E-state index is 14.6. The van der Waals surface area contributed by atoms with Gasteiger partial charge in [-0.15, -0.1) is 0 Å². The third kappa shape index (κ3) is 12.6. The number of halogens is 5. The molecule has 3 aromatic carbocycles. The molecule has 16 nitrogen and oxygen atoms in total. The number of rotatable bonds is 20. The third-order valence-corrected chi connectivity index (χ3v) is 10.0. The fourth-order valence-corrected chi connectivity index (χ4v) is 6.79. The van der Waals surface area contributed by atoms with Gasteiger partial charge in [0.25, 0.3) is 12.3 Å². The summed E-state index contributed by atoms with van der Waals surface area (Å²) in [5, 5.41) is 2.46. The van der Waals surface area contributed by atoms with E-state index < -0.39 is 41.3 Å². The monoisotopic (exact) mass is 900 g/mol. The molecule has 4 heterocycles. The normalized spacial score (nSPS) is 14.5. The van der Waals surface area contributed by atoms with Gasteiger partial charge < -0.3 is 34.1 Å². The van der Waals surface area contributed by atoms with E-state index >= 15 is 0 Å². The van der Waals surface area contributed by atoms with Crippen molar-refractivity contribution >= 4 is 40.2 Å². The number of piperazine rings is 1. The first-order valence-corrected chi connectivity index (χ1v) is 21.1. The predicted molar refractivity (Wildman–Crippen MR) is 229 cm³/mol. The van der Waals surface area contributed by atoms with Crippen LogP contribution < -0.4 is 20.6 Å². The first-order valence-electron chi connectivity index (χ1n) is 21.1. The second-order valence-electron chi connectivity index (χ2n) is 14.3. The molecule has 0 bridgehead atoms. The number of morpholine rings is 1. The molecule has 0 radical (unpaired) electrons. The van der Waals surface area contributed by atoms with E-state index in [4.69, 9.17) is 33.8 Å². The molecule has 0 spiro atoms.